The highest BCUT2D eigenvalue weighted by Gasteiger charge is 2.37. The zero-order chi connectivity index (χ0) is 18.3. The van der Waals surface area contributed by atoms with Gasteiger partial charge in [0.15, 0.2) is 0 Å². The zero-order valence-electron chi connectivity index (χ0n) is 14.9. The monoisotopic (exact) mass is 359 g/mol. The van der Waals surface area contributed by atoms with Gasteiger partial charge in [0, 0.05) is 6.54 Å². The fourth-order valence-corrected chi connectivity index (χ4v) is 4.37. The normalized spacial score (nSPS) is 20.5. The molecule has 0 heterocycles. The zero-order valence-corrected chi connectivity index (χ0v) is 15.7. The molecule has 0 bridgehead atoms. The average Bonchev–Trinajstić information content (AvgIpc) is 2.91. The molecule has 1 aliphatic carbocycles. The van der Waals surface area contributed by atoms with Crippen molar-refractivity contribution in [2.45, 2.75) is 49.5 Å². The van der Waals surface area contributed by atoms with E-state index >= 15 is 0 Å². The van der Waals surface area contributed by atoms with Crippen molar-refractivity contribution in [2.75, 3.05) is 6.54 Å². The van der Waals surface area contributed by atoms with Gasteiger partial charge < -0.3 is 5.11 Å². The van der Waals surface area contributed by atoms with Crippen LogP contribution in [0.5, 0.6) is 0 Å². The first-order valence-electron chi connectivity index (χ1n) is 8.53. The van der Waals surface area contributed by atoms with Crippen molar-refractivity contribution in [3.05, 3.63) is 65.2 Å². The molecule has 4 nitrogen and oxygen atoms in total. The van der Waals surface area contributed by atoms with Gasteiger partial charge in [0.1, 0.15) is 5.60 Å². The second kappa shape index (κ2) is 6.24. The van der Waals surface area contributed by atoms with Gasteiger partial charge in [-0.1, -0.05) is 57.2 Å². The first-order chi connectivity index (χ1) is 11.6. The van der Waals surface area contributed by atoms with Crippen LogP contribution in [0.2, 0.25) is 0 Å². The number of aliphatic hydroxyl groups is 1. The molecule has 3 rings (SSSR count). The molecule has 2 N–H and O–H groups in total. The summed E-state index contributed by atoms with van der Waals surface area (Å²) in [5.41, 5.74) is 1.81. The van der Waals surface area contributed by atoms with Gasteiger partial charge in [0.05, 0.1) is 4.90 Å². The predicted octanol–water partition coefficient (Wildman–Crippen LogP) is 3.10. The molecule has 5 heteroatoms. The topological polar surface area (TPSA) is 66.4 Å². The molecule has 1 atom stereocenters. The molecule has 25 heavy (non-hydrogen) atoms. The SMILES string of the molecule is CC(C)(C)c1ccc(S(=O)(=O)NCC2(O)CCc3ccccc32)cc1. The van der Waals surface area contributed by atoms with Gasteiger partial charge in [-0.3, -0.25) is 0 Å². The van der Waals surface area contributed by atoms with Gasteiger partial charge in [0.25, 0.3) is 0 Å². The molecule has 1 unspecified atom stereocenters. The van der Waals surface area contributed by atoms with E-state index < -0.39 is 15.6 Å². The van der Waals surface area contributed by atoms with Crippen molar-refractivity contribution in [1.29, 1.82) is 0 Å². The van der Waals surface area contributed by atoms with Gasteiger partial charge in [0.2, 0.25) is 10.0 Å². The van der Waals surface area contributed by atoms with Gasteiger partial charge in [-0.2, -0.15) is 0 Å². The maximum atomic E-state index is 12.6. The Balaban J connectivity index is 1.77. The second-order valence-corrected chi connectivity index (χ2v) is 9.55. The Hall–Kier alpha value is -1.69. The quantitative estimate of drug-likeness (QED) is 0.881. The van der Waals surface area contributed by atoms with E-state index in [1.807, 2.05) is 36.4 Å². The lowest BCUT2D eigenvalue weighted by Gasteiger charge is -2.24. The maximum Gasteiger partial charge on any atom is 0.240 e. The average molecular weight is 359 g/mol. The van der Waals surface area contributed by atoms with Crippen LogP contribution >= 0.6 is 0 Å². The van der Waals surface area contributed by atoms with Crippen LogP contribution in [0.25, 0.3) is 0 Å². The number of sulfonamides is 1. The fraction of sp³-hybridized carbons (Fsp3) is 0.400. The Labute approximate surface area is 150 Å². The lowest BCUT2D eigenvalue weighted by molar-refractivity contribution is 0.0442. The summed E-state index contributed by atoms with van der Waals surface area (Å²) in [6, 6.07) is 14.6. The van der Waals surface area contributed by atoms with Gasteiger partial charge >= 0.3 is 0 Å². The van der Waals surface area contributed by atoms with Gasteiger partial charge in [-0.05, 0) is 47.1 Å². The predicted molar refractivity (Wildman–Crippen MR) is 99.0 cm³/mol. The molecule has 0 saturated heterocycles. The third-order valence-electron chi connectivity index (χ3n) is 4.91. The van der Waals surface area contributed by atoms with Crippen molar-refractivity contribution in [1.82, 2.24) is 4.72 Å². The number of fused-ring (bicyclic) bond motifs is 1. The molecule has 134 valence electrons. The minimum absolute atomic E-state index is 0.0205. The Morgan fingerprint density at radius 1 is 1.08 bits per heavy atom. The summed E-state index contributed by atoms with van der Waals surface area (Å²) in [4.78, 5) is 0.218. The van der Waals surface area contributed by atoms with Crippen LogP contribution in [-0.2, 0) is 27.5 Å². The fourth-order valence-electron chi connectivity index (χ4n) is 3.28. The summed E-state index contributed by atoms with van der Waals surface area (Å²) in [6.07, 6.45) is 1.28. The Kier molecular flexibility index (Phi) is 4.52. The number of rotatable bonds is 4. The molecule has 1 aliphatic rings. The lowest BCUT2D eigenvalue weighted by atomic mass is 9.87. The highest BCUT2D eigenvalue weighted by Crippen LogP contribution is 2.36. The summed E-state index contributed by atoms with van der Waals surface area (Å²) in [7, 11) is -3.66. The highest BCUT2D eigenvalue weighted by atomic mass is 32.2. The molecule has 2 aromatic rings. The third-order valence-corrected chi connectivity index (χ3v) is 6.33. The smallest absolute Gasteiger partial charge is 0.240 e. The molecule has 0 fully saturated rings. The molecule has 0 aliphatic heterocycles. The van der Waals surface area contributed by atoms with Crippen molar-refractivity contribution < 1.29 is 13.5 Å². The summed E-state index contributed by atoms with van der Waals surface area (Å²) in [6.45, 7) is 6.23. The molecule has 0 aromatic heterocycles. The van der Waals surface area contributed by atoms with E-state index in [-0.39, 0.29) is 16.9 Å². The maximum absolute atomic E-state index is 12.6. The molecular formula is C20H25NO3S. The van der Waals surface area contributed by atoms with Crippen molar-refractivity contribution in [3.63, 3.8) is 0 Å². The van der Waals surface area contributed by atoms with E-state index in [0.29, 0.717) is 6.42 Å². The number of hydrogen-bond acceptors (Lipinski definition) is 3. The second-order valence-electron chi connectivity index (χ2n) is 7.79. The molecule has 0 amide bonds. The van der Waals surface area contributed by atoms with Crippen LogP contribution < -0.4 is 4.72 Å². The molecule has 0 radical (unpaired) electrons. The lowest BCUT2D eigenvalue weighted by Crippen LogP contribution is -2.39. The van der Waals surface area contributed by atoms with E-state index in [1.165, 1.54) is 0 Å². The van der Waals surface area contributed by atoms with E-state index in [9.17, 15) is 13.5 Å². The van der Waals surface area contributed by atoms with Crippen LogP contribution in [0.3, 0.4) is 0 Å². The number of aryl methyl sites for hydroxylation is 1. The highest BCUT2D eigenvalue weighted by molar-refractivity contribution is 7.89. The summed E-state index contributed by atoms with van der Waals surface area (Å²) in [5, 5.41) is 10.9. The molecule has 0 saturated carbocycles. The third kappa shape index (κ3) is 3.64. The van der Waals surface area contributed by atoms with E-state index in [4.69, 9.17) is 0 Å². The Bertz CT molecular complexity index is 867. The first kappa shape index (κ1) is 18.1. The number of benzene rings is 2. The Morgan fingerprint density at radius 3 is 2.36 bits per heavy atom. The van der Waals surface area contributed by atoms with Crippen molar-refractivity contribution >= 4 is 10.0 Å². The number of nitrogens with one attached hydrogen (secondary N) is 1. The van der Waals surface area contributed by atoms with E-state index in [2.05, 4.69) is 25.5 Å². The minimum Gasteiger partial charge on any atom is -0.384 e. The van der Waals surface area contributed by atoms with Crippen molar-refractivity contribution in [3.8, 4) is 0 Å². The minimum atomic E-state index is -3.66. The Morgan fingerprint density at radius 2 is 1.72 bits per heavy atom. The van der Waals surface area contributed by atoms with Crippen LogP contribution in [0.1, 0.15) is 43.9 Å². The van der Waals surface area contributed by atoms with Crippen LogP contribution in [-0.4, -0.2) is 20.1 Å². The summed E-state index contributed by atoms with van der Waals surface area (Å²) >= 11 is 0. The van der Waals surface area contributed by atoms with E-state index in [1.54, 1.807) is 12.1 Å². The summed E-state index contributed by atoms with van der Waals surface area (Å²) in [5.74, 6) is 0. The molecule has 2 aromatic carbocycles. The molecule has 0 spiro atoms. The van der Waals surface area contributed by atoms with Gasteiger partial charge in [-0.15, -0.1) is 0 Å². The molecular weight excluding hydrogens is 334 g/mol. The first-order valence-corrected chi connectivity index (χ1v) is 10.0. The van der Waals surface area contributed by atoms with E-state index in [0.717, 1.165) is 23.1 Å². The van der Waals surface area contributed by atoms with Gasteiger partial charge in [-0.25, -0.2) is 13.1 Å². The van der Waals surface area contributed by atoms with Crippen LogP contribution in [0, 0.1) is 0 Å². The van der Waals surface area contributed by atoms with Crippen LogP contribution in [0.15, 0.2) is 53.4 Å². The number of hydrogen-bond donors (Lipinski definition) is 2. The van der Waals surface area contributed by atoms with Crippen LogP contribution in [0.4, 0.5) is 0 Å². The largest absolute Gasteiger partial charge is 0.384 e. The summed E-state index contributed by atoms with van der Waals surface area (Å²) < 4.78 is 27.7. The standard InChI is InChI=1S/C20H25NO3S/c1-19(2,3)16-8-10-17(11-9-16)25(23,24)21-14-20(22)13-12-15-6-4-5-7-18(15)20/h4-11,21-22H,12-14H2,1-3H3. The van der Waals surface area contributed by atoms with Crippen molar-refractivity contribution in [2.24, 2.45) is 0 Å².